The number of nitrogens with zero attached hydrogens (tertiary/aromatic N) is 4. The van der Waals surface area contributed by atoms with E-state index in [0.717, 1.165) is 43.9 Å². The summed E-state index contributed by atoms with van der Waals surface area (Å²) in [5, 5.41) is 4.00. The predicted molar refractivity (Wildman–Crippen MR) is 107 cm³/mol. The number of piperidine rings is 1. The molecule has 3 heterocycles. The van der Waals surface area contributed by atoms with Crippen molar-refractivity contribution >= 4 is 5.91 Å². The maximum absolute atomic E-state index is 12.8. The molecule has 2 aromatic heterocycles. The van der Waals surface area contributed by atoms with Gasteiger partial charge in [0.25, 0.3) is 5.91 Å². The van der Waals surface area contributed by atoms with Crippen LogP contribution in [0.15, 0.2) is 53.3 Å². The molecular formula is C22H26N4O2. The molecule has 28 heavy (non-hydrogen) atoms. The first-order chi connectivity index (χ1) is 13.6. The highest BCUT2D eigenvalue weighted by Crippen LogP contribution is 2.24. The van der Waals surface area contributed by atoms with E-state index in [2.05, 4.69) is 34.8 Å². The van der Waals surface area contributed by atoms with Gasteiger partial charge in [-0.3, -0.25) is 4.79 Å². The smallest absolute Gasteiger partial charge is 0.276 e. The van der Waals surface area contributed by atoms with Crippen molar-refractivity contribution in [1.82, 2.24) is 19.6 Å². The second-order valence-corrected chi connectivity index (χ2v) is 7.77. The summed E-state index contributed by atoms with van der Waals surface area (Å²) in [4.78, 5) is 19.2. The van der Waals surface area contributed by atoms with Gasteiger partial charge < -0.3 is 14.0 Å². The number of imidazole rings is 1. The fourth-order valence-corrected chi connectivity index (χ4v) is 3.85. The molecule has 1 saturated heterocycles. The lowest BCUT2D eigenvalue weighted by Gasteiger charge is -2.32. The largest absolute Gasteiger partial charge is 0.355 e. The average Bonchev–Trinajstić information content (AvgIpc) is 3.38. The number of carbonyl (C=O) groups excluding carboxylic acids is 1. The van der Waals surface area contributed by atoms with Crippen LogP contribution in [-0.4, -0.2) is 38.6 Å². The summed E-state index contributed by atoms with van der Waals surface area (Å²) in [6.07, 6.45) is 5.92. The Balaban J connectivity index is 1.35. The molecular weight excluding hydrogens is 352 g/mol. The molecule has 0 atom stereocenters. The van der Waals surface area contributed by atoms with Crippen LogP contribution in [0.4, 0.5) is 0 Å². The quantitative estimate of drug-likeness (QED) is 0.667. The fourth-order valence-electron chi connectivity index (χ4n) is 3.85. The molecule has 0 saturated carbocycles. The lowest BCUT2D eigenvalue weighted by atomic mass is 9.96. The summed E-state index contributed by atoms with van der Waals surface area (Å²) in [5.74, 6) is 2.69. The van der Waals surface area contributed by atoms with E-state index in [1.54, 1.807) is 6.07 Å². The maximum atomic E-state index is 12.8. The Hall–Kier alpha value is -2.89. The van der Waals surface area contributed by atoms with E-state index >= 15 is 0 Å². The number of hydrogen-bond acceptors (Lipinski definition) is 4. The van der Waals surface area contributed by atoms with Crippen LogP contribution >= 0.6 is 0 Å². The lowest BCUT2D eigenvalue weighted by molar-refractivity contribution is 0.0672. The van der Waals surface area contributed by atoms with Crippen molar-refractivity contribution in [3.63, 3.8) is 0 Å². The van der Waals surface area contributed by atoms with Crippen LogP contribution in [0.1, 0.15) is 48.9 Å². The van der Waals surface area contributed by atoms with Gasteiger partial charge in [-0.15, -0.1) is 0 Å². The molecule has 0 N–H and O–H groups in total. The molecule has 0 unspecified atom stereocenters. The molecule has 0 aliphatic carbocycles. The van der Waals surface area contributed by atoms with Gasteiger partial charge in [-0.25, -0.2) is 4.98 Å². The Morgan fingerprint density at radius 3 is 2.68 bits per heavy atom. The van der Waals surface area contributed by atoms with Crippen molar-refractivity contribution in [2.75, 3.05) is 13.1 Å². The fraction of sp³-hybridized carbons (Fsp3) is 0.409. The highest BCUT2D eigenvalue weighted by molar-refractivity contribution is 5.93. The SMILES string of the molecule is CC(C)c1nccn1CC1CCN(C(=O)c2cc(-c3ccccc3)on2)CC1. The number of rotatable bonds is 5. The van der Waals surface area contributed by atoms with Gasteiger partial charge in [0.2, 0.25) is 0 Å². The molecule has 0 radical (unpaired) electrons. The molecule has 1 aliphatic heterocycles. The number of aromatic nitrogens is 3. The van der Waals surface area contributed by atoms with Crippen LogP contribution in [0.2, 0.25) is 0 Å². The summed E-state index contributed by atoms with van der Waals surface area (Å²) in [6, 6.07) is 11.5. The summed E-state index contributed by atoms with van der Waals surface area (Å²) in [7, 11) is 0. The number of carbonyl (C=O) groups is 1. The van der Waals surface area contributed by atoms with Crippen LogP contribution in [0.5, 0.6) is 0 Å². The van der Waals surface area contributed by atoms with Crippen molar-refractivity contribution in [3.8, 4) is 11.3 Å². The molecule has 1 fully saturated rings. The number of likely N-dealkylation sites (tertiary alicyclic amines) is 1. The third-order valence-corrected chi connectivity index (χ3v) is 5.41. The monoisotopic (exact) mass is 378 g/mol. The minimum absolute atomic E-state index is 0.0464. The third kappa shape index (κ3) is 3.86. The molecule has 6 heteroatoms. The Bertz CT molecular complexity index is 921. The molecule has 1 aromatic carbocycles. The van der Waals surface area contributed by atoms with Crippen LogP contribution < -0.4 is 0 Å². The normalized spacial score (nSPS) is 15.3. The summed E-state index contributed by atoms with van der Waals surface area (Å²) >= 11 is 0. The number of hydrogen-bond donors (Lipinski definition) is 0. The topological polar surface area (TPSA) is 64.2 Å². The van der Waals surface area contributed by atoms with Crippen LogP contribution in [0.3, 0.4) is 0 Å². The van der Waals surface area contributed by atoms with Gasteiger partial charge in [0.05, 0.1) is 0 Å². The zero-order valence-electron chi connectivity index (χ0n) is 16.4. The predicted octanol–water partition coefficient (Wildman–Crippen LogP) is 4.21. The first-order valence-corrected chi connectivity index (χ1v) is 9.94. The Morgan fingerprint density at radius 1 is 1.21 bits per heavy atom. The van der Waals surface area contributed by atoms with Crippen LogP contribution in [-0.2, 0) is 6.54 Å². The first kappa shape index (κ1) is 18.5. The summed E-state index contributed by atoms with van der Waals surface area (Å²) in [6.45, 7) is 6.81. The Labute approximate surface area is 165 Å². The highest BCUT2D eigenvalue weighted by atomic mass is 16.5. The van der Waals surface area contributed by atoms with E-state index in [9.17, 15) is 4.79 Å². The van der Waals surface area contributed by atoms with E-state index in [-0.39, 0.29) is 5.91 Å². The molecule has 146 valence electrons. The van der Waals surface area contributed by atoms with Crippen molar-refractivity contribution < 1.29 is 9.32 Å². The van der Waals surface area contributed by atoms with E-state index in [4.69, 9.17) is 4.52 Å². The summed E-state index contributed by atoms with van der Waals surface area (Å²) in [5.41, 5.74) is 1.31. The molecule has 0 spiro atoms. The lowest BCUT2D eigenvalue weighted by Crippen LogP contribution is -2.39. The van der Waals surface area contributed by atoms with Crippen LogP contribution in [0, 0.1) is 5.92 Å². The molecule has 1 aliphatic rings. The van der Waals surface area contributed by atoms with Gasteiger partial charge in [0.1, 0.15) is 5.82 Å². The molecule has 3 aromatic rings. The zero-order valence-corrected chi connectivity index (χ0v) is 16.4. The highest BCUT2D eigenvalue weighted by Gasteiger charge is 2.26. The van der Waals surface area contributed by atoms with Gasteiger partial charge in [-0.2, -0.15) is 0 Å². The maximum Gasteiger partial charge on any atom is 0.276 e. The van der Waals surface area contributed by atoms with Gasteiger partial charge in [0.15, 0.2) is 11.5 Å². The average molecular weight is 378 g/mol. The van der Waals surface area contributed by atoms with Crippen LogP contribution in [0.25, 0.3) is 11.3 Å². The second-order valence-electron chi connectivity index (χ2n) is 7.77. The molecule has 1 amide bonds. The van der Waals surface area contributed by atoms with Crippen molar-refractivity contribution in [2.24, 2.45) is 5.92 Å². The minimum atomic E-state index is -0.0464. The molecule has 6 nitrogen and oxygen atoms in total. The first-order valence-electron chi connectivity index (χ1n) is 9.94. The second kappa shape index (κ2) is 8.00. The van der Waals surface area contributed by atoms with Crippen molar-refractivity contribution in [2.45, 2.75) is 39.2 Å². The summed E-state index contributed by atoms with van der Waals surface area (Å²) < 4.78 is 7.64. The number of amides is 1. The number of benzene rings is 1. The van der Waals surface area contributed by atoms with Crippen molar-refractivity contribution in [3.05, 3.63) is 60.3 Å². The third-order valence-electron chi connectivity index (χ3n) is 5.41. The van der Waals surface area contributed by atoms with Crippen molar-refractivity contribution in [1.29, 1.82) is 0 Å². The molecule has 0 bridgehead atoms. The van der Waals surface area contributed by atoms with Gasteiger partial charge >= 0.3 is 0 Å². The van der Waals surface area contributed by atoms with Gasteiger partial charge in [-0.1, -0.05) is 49.3 Å². The Morgan fingerprint density at radius 2 is 1.96 bits per heavy atom. The Kier molecular flexibility index (Phi) is 5.28. The van der Waals surface area contributed by atoms with E-state index in [1.165, 1.54) is 0 Å². The van der Waals surface area contributed by atoms with E-state index < -0.39 is 0 Å². The standard InChI is InChI=1S/C22H26N4O2/c1-16(2)21-23-10-13-26(21)15-17-8-11-25(12-9-17)22(27)19-14-20(28-24-19)18-6-4-3-5-7-18/h3-7,10,13-14,16-17H,8-9,11-12,15H2,1-2H3. The van der Waals surface area contributed by atoms with E-state index in [1.807, 2.05) is 41.4 Å². The minimum Gasteiger partial charge on any atom is -0.355 e. The van der Waals surface area contributed by atoms with E-state index in [0.29, 0.717) is 23.3 Å². The zero-order chi connectivity index (χ0) is 19.5. The molecule has 4 rings (SSSR count). The van der Waals surface area contributed by atoms with Gasteiger partial charge in [-0.05, 0) is 18.8 Å². The van der Waals surface area contributed by atoms with Gasteiger partial charge in [0, 0.05) is 49.6 Å².